The van der Waals surface area contributed by atoms with E-state index < -0.39 is 0 Å². The van der Waals surface area contributed by atoms with E-state index >= 15 is 0 Å². The Balaban J connectivity index is 3.05. The van der Waals surface area contributed by atoms with E-state index in [9.17, 15) is 0 Å². The van der Waals surface area contributed by atoms with E-state index in [4.69, 9.17) is 0 Å². The summed E-state index contributed by atoms with van der Waals surface area (Å²) in [5.74, 6) is 0. The molecule has 0 aliphatic heterocycles. The molecule has 13 heavy (non-hydrogen) atoms. The van der Waals surface area contributed by atoms with E-state index in [2.05, 4.69) is 59.9 Å². The van der Waals surface area contributed by atoms with Crippen LogP contribution in [-0.4, -0.2) is 13.6 Å². The molecule has 0 radical (unpaired) electrons. The van der Waals surface area contributed by atoms with Crippen LogP contribution < -0.4 is 4.90 Å². The van der Waals surface area contributed by atoms with Crippen molar-refractivity contribution in [2.45, 2.75) is 20.3 Å². The zero-order valence-electron chi connectivity index (χ0n) is 8.47. The average molecular weight is 242 g/mol. The fraction of sp³-hybridized carbons (Fsp3) is 0.455. The highest BCUT2D eigenvalue weighted by Gasteiger charge is 2.04. The van der Waals surface area contributed by atoms with Crippen LogP contribution >= 0.6 is 15.9 Å². The van der Waals surface area contributed by atoms with Gasteiger partial charge in [0.05, 0.1) is 0 Å². The number of aryl methyl sites for hydroxylation is 1. The second kappa shape index (κ2) is 4.66. The molecule has 2 heteroatoms. The summed E-state index contributed by atoms with van der Waals surface area (Å²) < 4.78 is 1.16. The summed E-state index contributed by atoms with van der Waals surface area (Å²) in [4.78, 5) is 2.27. The first-order chi connectivity index (χ1) is 6.19. The molecule has 0 saturated heterocycles. The zero-order valence-corrected chi connectivity index (χ0v) is 10.1. The minimum absolute atomic E-state index is 1.05. The van der Waals surface area contributed by atoms with Crippen molar-refractivity contribution in [1.82, 2.24) is 0 Å². The Morgan fingerprint density at radius 2 is 2.00 bits per heavy atom. The van der Waals surface area contributed by atoms with Gasteiger partial charge in [-0.3, -0.25) is 0 Å². The van der Waals surface area contributed by atoms with Crippen molar-refractivity contribution in [3.63, 3.8) is 0 Å². The summed E-state index contributed by atoms with van der Waals surface area (Å²) in [5, 5.41) is 0. The normalized spacial score (nSPS) is 10.2. The molecule has 1 aromatic carbocycles. The average Bonchev–Trinajstić information content (AvgIpc) is 2.16. The fourth-order valence-corrected chi connectivity index (χ4v) is 1.79. The van der Waals surface area contributed by atoms with Gasteiger partial charge in [0.1, 0.15) is 0 Å². The van der Waals surface area contributed by atoms with Gasteiger partial charge in [-0.05, 0) is 37.1 Å². The quantitative estimate of drug-likeness (QED) is 0.784. The Labute approximate surface area is 88.9 Å². The van der Waals surface area contributed by atoms with Crippen LogP contribution in [0.4, 0.5) is 5.69 Å². The van der Waals surface area contributed by atoms with Crippen LogP contribution in [0.2, 0.25) is 0 Å². The largest absolute Gasteiger partial charge is 0.375 e. The van der Waals surface area contributed by atoms with Gasteiger partial charge in [0.15, 0.2) is 0 Å². The van der Waals surface area contributed by atoms with Crippen molar-refractivity contribution in [3.8, 4) is 0 Å². The molecule has 0 N–H and O–H groups in total. The van der Waals surface area contributed by atoms with Crippen molar-refractivity contribution in [3.05, 3.63) is 28.2 Å². The summed E-state index contributed by atoms with van der Waals surface area (Å²) >= 11 is 3.49. The molecule has 0 atom stereocenters. The number of hydrogen-bond donors (Lipinski definition) is 0. The molecule has 0 amide bonds. The minimum atomic E-state index is 1.05. The summed E-state index contributed by atoms with van der Waals surface area (Å²) in [6.45, 7) is 5.41. The monoisotopic (exact) mass is 241 g/mol. The molecule has 1 nitrogen and oxygen atoms in total. The summed E-state index contributed by atoms with van der Waals surface area (Å²) in [7, 11) is 2.13. The molecule has 0 heterocycles. The highest BCUT2D eigenvalue weighted by molar-refractivity contribution is 9.10. The molecule has 0 spiro atoms. The number of hydrogen-bond acceptors (Lipinski definition) is 1. The number of rotatable bonds is 3. The van der Waals surface area contributed by atoms with Crippen molar-refractivity contribution in [2.75, 3.05) is 18.5 Å². The Bertz CT molecular complexity index is 283. The Hall–Kier alpha value is -0.500. The number of anilines is 1. The molecule has 1 rings (SSSR count). The topological polar surface area (TPSA) is 3.24 Å². The lowest BCUT2D eigenvalue weighted by atomic mass is 10.1. The Morgan fingerprint density at radius 3 is 2.54 bits per heavy atom. The van der Waals surface area contributed by atoms with Gasteiger partial charge in [-0.15, -0.1) is 0 Å². The van der Waals surface area contributed by atoms with E-state index in [-0.39, 0.29) is 0 Å². The van der Waals surface area contributed by atoms with Gasteiger partial charge in [0.2, 0.25) is 0 Å². The summed E-state index contributed by atoms with van der Waals surface area (Å²) in [6.07, 6.45) is 1.08. The van der Waals surface area contributed by atoms with Crippen LogP contribution in [0.15, 0.2) is 22.7 Å². The van der Waals surface area contributed by atoms with Crippen LogP contribution in [0.25, 0.3) is 0 Å². The molecule has 0 bridgehead atoms. The predicted molar refractivity (Wildman–Crippen MR) is 62.5 cm³/mol. The van der Waals surface area contributed by atoms with Gasteiger partial charge < -0.3 is 4.90 Å². The van der Waals surface area contributed by atoms with E-state index in [0.717, 1.165) is 17.4 Å². The van der Waals surface area contributed by atoms with Crippen molar-refractivity contribution >= 4 is 21.6 Å². The van der Waals surface area contributed by atoms with E-state index in [1.807, 2.05) is 0 Å². The molecule has 0 aliphatic rings. The SMILES string of the molecule is CCc1cc(Br)ccc1N(C)CC. The van der Waals surface area contributed by atoms with Crippen LogP contribution in [0, 0.1) is 0 Å². The molecular formula is C11H16BrN. The second-order valence-corrected chi connectivity index (χ2v) is 4.06. The van der Waals surface area contributed by atoms with Gasteiger partial charge in [0.25, 0.3) is 0 Å². The first-order valence-electron chi connectivity index (χ1n) is 4.68. The maximum Gasteiger partial charge on any atom is 0.0396 e. The van der Waals surface area contributed by atoms with Crippen LogP contribution in [-0.2, 0) is 6.42 Å². The molecule has 0 aliphatic carbocycles. The lowest BCUT2D eigenvalue weighted by Gasteiger charge is -2.20. The van der Waals surface area contributed by atoms with E-state index in [0.29, 0.717) is 0 Å². The Kier molecular flexibility index (Phi) is 3.79. The lowest BCUT2D eigenvalue weighted by molar-refractivity contribution is 0.948. The first kappa shape index (κ1) is 10.6. The van der Waals surface area contributed by atoms with Gasteiger partial charge in [-0.25, -0.2) is 0 Å². The number of nitrogens with zero attached hydrogens (tertiary/aromatic N) is 1. The highest BCUT2D eigenvalue weighted by Crippen LogP contribution is 2.23. The molecule has 0 aromatic heterocycles. The van der Waals surface area contributed by atoms with E-state index in [1.54, 1.807) is 0 Å². The molecule has 0 saturated carbocycles. The van der Waals surface area contributed by atoms with Gasteiger partial charge in [0, 0.05) is 23.8 Å². The lowest BCUT2D eigenvalue weighted by Crippen LogP contribution is -2.17. The second-order valence-electron chi connectivity index (χ2n) is 3.14. The maximum absolute atomic E-state index is 3.49. The third kappa shape index (κ3) is 2.47. The van der Waals surface area contributed by atoms with E-state index in [1.165, 1.54) is 11.3 Å². The van der Waals surface area contributed by atoms with Gasteiger partial charge in [-0.2, -0.15) is 0 Å². The maximum atomic E-state index is 3.49. The fourth-order valence-electron chi connectivity index (χ4n) is 1.38. The third-order valence-electron chi connectivity index (χ3n) is 2.31. The van der Waals surface area contributed by atoms with Gasteiger partial charge in [-0.1, -0.05) is 22.9 Å². The van der Waals surface area contributed by atoms with Gasteiger partial charge >= 0.3 is 0 Å². The van der Waals surface area contributed by atoms with Crippen LogP contribution in [0.3, 0.4) is 0 Å². The Morgan fingerprint density at radius 1 is 1.31 bits per heavy atom. The van der Waals surface area contributed by atoms with Crippen LogP contribution in [0.5, 0.6) is 0 Å². The standard InChI is InChI=1S/C11H16BrN/c1-4-9-8-10(12)6-7-11(9)13(3)5-2/h6-8H,4-5H2,1-3H3. The summed E-state index contributed by atoms with van der Waals surface area (Å²) in [5.41, 5.74) is 2.74. The predicted octanol–water partition coefficient (Wildman–Crippen LogP) is 3.47. The number of halogens is 1. The molecule has 0 fully saturated rings. The molecule has 0 unspecified atom stereocenters. The first-order valence-corrected chi connectivity index (χ1v) is 5.47. The summed E-state index contributed by atoms with van der Waals surface area (Å²) in [6, 6.07) is 6.47. The van der Waals surface area contributed by atoms with Crippen molar-refractivity contribution < 1.29 is 0 Å². The molecule has 1 aromatic rings. The van der Waals surface area contributed by atoms with Crippen molar-refractivity contribution in [2.24, 2.45) is 0 Å². The van der Waals surface area contributed by atoms with Crippen LogP contribution in [0.1, 0.15) is 19.4 Å². The third-order valence-corrected chi connectivity index (χ3v) is 2.80. The smallest absolute Gasteiger partial charge is 0.0396 e. The number of benzene rings is 1. The molecule has 72 valence electrons. The zero-order chi connectivity index (χ0) is 9.84. The van der Waals surface area contributed by atoms with Crippen molar-refractivity contribution in [1.29, 1.82) is 0 Å². The highest BCUT2D eigenvalue weighted by atomic mass is 79.9. The minimum Gasteiger partial charge on any atom is -0.375 e. The molecular weight excluding hydrogens is 226 g/mol.